The number of carbonyl (C=O) groups is 1. The van der Waals surface area contributed by atoms with Crippen molar-refractivity contribution in [2.45, 2.75) is 32.2 Å². The van der Waals surface area contributed by atoms with Crippen LogP contribution in [-0.4, -0.2) is 56.9 Å². The molecule has 0 bridgehead atoms. The molecule has 136 valence electrons. The fraction of sp³-hybridized carbons (Fsp3) is 0.471. The predicted molar refractivity (Wildman–Crippen MR) is 90.8 cm³/mol. The van der Waals surface area contributed by atoms with Crippen molar-refractivity contribution in [3.8, 4) is 0 Å². The topological polar surface area (TPSA) is 93.5 Å². The lowest BCUT2D eigenvalue weighted by Crippen LogP contribution is -2.54. The molecule has 2 aliphatic heterocycles. The van der Waals surface area contributed by atoms with E-state index in [0.717, 1.165) is 21.3 Å². The van der Waals surface area contributed by atoms with Crippen LogP contribution in [0.25, 0.3) is 5.57 Å². The Morgan fingerprint density at radius 2 is 1.84 bits per heavy atom. The third kappa shape index (κ3) is 2.82. The normalized spacial score (nSPS) is 20.8. The van der Waals surface area contributed by atoms with Crippen molar-refractivity contribution in [1.29, 1.82) is 0 Å². The lowest BCUT2D eigenvalue weighted by atomic mass is 9.86. The number of benzene rings is 1. The van der Waals surface area contributed by atoms with E-state index in [2.05, 4.69) is 0 Å². The van der Waals surface area contributed by atoms with Gasteiger partial charge in [0, 0.05) is 23.7 Å². The zero-order chi connectivity index (χ0) is 18.4. The van der Waals surface area contributed by atoms with Gasteiger partial charge in [-0.3, -0.25) is 4.79 Å². The molecule has 0 saturated carbocycles. The van der Waals surface area contributed by atoms with Gasteiger partial charge in [0.2, 0.25) is 0 Å². The summed E-state index contributed by atoms with van der Waals surface area (Å²) in [4.78, 5) is 18.1. The van der Waals surface area contributed by atoms with Gasteiger partial charge in [0.05, 0.1) is 5.57 Å². The van der Waals surface area contributed by atoms with Crippen LogP contribution in [0.15, 0.2) is 17.9 Å². The molecule has 1 fully saturated rings. The Bertz CT molecular complexity index is 741. The number of nitrogens with zero attached hydrogens (tertiary/aromatic N) is 2. The molecule has 25 heavy (non-hydrogen) atoms. The summed E-state index contributed by atoms with van der Waals surface area (Å²) < 4.78 is 0. The molecular formula is C17H21ClN2O5. The highest BCUT2D eigenvalue weighted by atomic mass is 35.5. The minimum atomic E-state index is -1.11. The summed E-state index contributed by atoms with van der Waals surface area (Å²) >= 11 is 6.33. The van der Waals surface area contributed by atoms with E-state index in [0.29, 0.717) is 10.6 Å². The average molecular weight is 369 g/mol. The van der Waals surface area contributed by atoms with E-state index in [4.69, 9.17) is 16.4 Å². The van der Waals surface area contributed by atoms with E-state index < -0.39 is 18.2 Å². The minimum Gasteiger partial charge on any atom is -0.509 e. The molecule has 1 aromatic rings. The van der Waals surface area contributed by atoms with Gasteiger partial charge in [0.1, 0.15) is 11.3 Å². The lowest BCUT2D eigenvalue weighted by Gasteiger charge is -2.41. The number of hydrogen-bond donors (Lipinski definition) is 3. The third-order valence-electron chi connectivity index (χ3n) is 5.07. The van der Waals surface area contributed by atoms with Crippen LogP contribution in [0.2, 0.25) is 5.02 Å². The van der Waals surface area contributed by atoms with Crippen LogP contribution in [0, 0.1) is 13.8 Å². The van der Waals surface area contributed by atoms with Gasteiger partial charge in [-0.25, -0.2) is 9.90 Å². The summed E-state index contributed by atoms with van der Waals surface area (Å²) in [6.45, 7) is 3.63. The molecule has 0 radical (unpaired) electrons. The number of amides is 1. The van der Waals surface area contributed by atoms with E-state index in [-0.39, 0.29) is 37.3 Å². The molecule has 3 rings (SSSR count). The maximum atomic E-state index is 12.9. The Morgan fingerprint density at radius 3 is 2.44 bits per heavy atom. The first-order valence-corrected chi connectivity index (χ1v) is 8.42. The summed E-state index contributed by atoms with van der Waals surface area (Å²) in [5.74, 6) is -0.688. The number of hydrogen-bond acceptors (Lipinski definition) is 6. The molecule has 2 aliphatic rings. The van der Waals surface area contributed by atoms with Crippen LogP contribution in [0.4, 0.5) is 0 Å². The maximum absolute atomic E-state index is 12.9. The van der Waals surface area contributed by atoms with Crippen molar-refractivity contribution < 1.29 is 25.1 Å². The second-order valence-corrected chi connectivity index (χ2v) is 6.89. The SMILES string of the molecule is Cc1cc(Cl)c(C2=C(O)C3(CCN(O)CC3)N(OCO)C2=O)cc1C. The van der Waals surface area contributed by atoms with Gasteiger partial charge in [-0.15, -0.1) is 0 Å². The highest BCUT2D eigenvalue weighted by Gasteiger charge is 2.55. The molecule has 1 aromatic carbocycles. The van der Waals surface area contributed by atoms with E-state index in [1.807, 2.05) is 13.8 Å². The smallest absolute Gasteiger partial charge is 0.282 e. The Kier molecular flexibility index (Phi) is 4.78. The maximum Gasteiger partial charge on any atom is 0.282 e. The van der Waals surface area contributed by atoms with Gasteiger partial charge in [-0.2, -0.15) is 5.06 Å². The lowest BCUT2D eigenvalue weighted by molar-refractivity contribution is -0.253. The summed E-state index contributed by atoms with van der Waals surface area (Å²) in [6, 6.07) is 3.51. The molecule has 7 nitrogen and oxygen atoms in total. The molecule has 1 amide bonds. The van der Waals surface area contributed by atoms with Crippen molar-refractivity contribution in [1.82, 2.24) is 10.1 Å². The van der Waals surface area contributed by atoms with Crippen LogP contribution in [0.5, 0.6) is 0 Å². The first kappa shape index (κ1) is 18.2. The molecule has 8 heteroatoms. The van der Waals surface area contributed by atoms with Crippen LogP contribution in [0.3, 0.4) is 0 Å². The zero-order valence-corrected chi connectivity index (χ0v) is 14.9. The van der Waals surface area contributed by atoms with Crippen molar-refractivity contribution >= 4 is 23.1 Å². The Labute approximate surface area is 150 Å². The number of rotatable bonds is 3. The third-order valence-corrected chi connectivity index (χ3v) is 5.38. The number of aryl methyl sites for hydroxylation is 2. The summed E-state index contributed by atoms with van der Waals surface area (Å²) in [6.07, 6.45) is 0.542. The van der Waals surface area contributed by atoms with Gasteiger partial charge in [0.25, 0.3) is 5.91 Å². The number of aliphatic hydroxyl groups excluding tert-OH is 2. The van der Waals surface area contributed by atoms with Gasteiger partial charge in [-0.1, -0.05) is 11.6 Å². The van der Waals surface area contributed by atoms with Crippen LogP contribution in [-0.2, 0) is 9.63 Å². The van der Waals surface area contributed by atoms with Gasteiger partial charge >= 0.3 is 0 Å². The highest BCUT2D eigenvalue weighted by molar-refractivity contribution is 6.35. The number of aliphatic hydroxyl groups is 2. The van der Waals surface area contributed by atoms with Crippen LogP contribution >= 0.6 is 11.6 Å². The second-order valence-electron chi connectivity index (χ2n) is 6.48. The first-order valence-electron chi connectivity index (χ1n) is 8.05. The zero-order valence-electron chi connectivity index (χ0n) is 14.1. The minimum absolute atomic E-state index is 0.0768. The number of piperidine rings is 1. The monoisotopic (exact) mass is 368 g/mol. The largest absolute Gasteiger partial charge is 0.509 e. The highest BCUT2D eigenvalue weighted by Crippen LogP contribution is 2.46. The molecular weight excluding hydrogens is 348 g/mol. The van der Waals surface area contributed by atoms with E-state index >= 15 is 0 Å². The molecule has 0 aliphatic carbocycles. The number of hydroxylamine groups is 4. The molecule has 0 unspecified atom stereocenters. The summed E-state index contributed by atoms with van der Waals surface area (Å²) in [5.41, 5.74) is 1.31. The van der Waals surface area contributed by atoms with Crippen LogP contribution in [0.1, 0.15) is 29.5 Å². The summed E-state index contributed by atoms with van der Waals surface area (Å²) in [7, 11) is 0. The second kappa shape index (κ2) is 6.59. The van der Waals surface area contributed by atoms with E-state index in [1.165, 1.54) is 0 Å². The molecule has 0 atom stereocenters. The van der Waals surface area contributed by atoms with Crippen molar-refractivity contribution in [2.75, 3.05) is 19.9 Å². The Morgan fingerprint density at radius 1 is 1.24 bits per heavy atom. The number of halogens is 1. The fourth-order valence-electron chi connectivity index (χ4n) is 3.49. The Balaban J connectivity index is 2.14. The molecule has 3 N–H and O–H groups in total. The fourth-order valence-corrected chi connectivity index (χ4v) is 3.80. The molecule has 2 heterocycles. The number of carbonyl (C=O) groups excluding carboxylic acids is 1. The first-order chi connectivity index (χ1) is 11.8. The van der Waals surface area contributed by atoms with Crippen molar-refractivity contribution in [2.24, 2.45) is 0 Å². The van der Waals surface area contributed by atoms with Crippen molar-refractivity contribution in [3.63, 3.8) is 0 Å². The quantitative estimate of drug-likeness (QED) is 0.708. The van der Waals surface area contributed by atoms with E-state index in [9.17, 15) is 20.2 Å². The van der Waals surface area contributed by atoms with Gasteiger partial charge in [0.15, 0.2) is 6.79 Å². The predicted octanol–water partition coefficient (Wildman–Crippen LogP) is 2.17. The standard InChI is InChI=1S/C17H21ClN2O5/c1-10-7-12(13(18)8-11(10)2)14-15(22)17(3-5-19(24)6-4-17)20(16(14)23)25-9-21/h7-8,21-22,24H,3-6,9H2,1-2H3. The van der Waals surface area contributed by atoms with Crippen molar-refractivity contribution in [3.05, 3.63) is 39.6 Å². The van der Waals surface area contributed by atoms with E-state index in [1.54, 1.807) is 12.1 Å². The van der Waals surface area contributed by atoms with Gasteiger partial charge in [-0.05, 0) is 49.9 Å². The van der Waals surface area contributed by atoms with Gasteiger partial charge < -0.3 is 15.4 Å². The van der Waals surface area contributed by atoms with Crippen LogP contribution < -0.4 is 0 Å². The molecule has 1 spiro atoms. The Hall–Kier alpha value is -1.64. The average Bonchev–Trinajstić information content (AvgIpc) is 2.76. The molecule has 1 saturated heterocycles. The summed E-state index contributed by atoms with van der Waals surface area (Å²) in [5, 5.41) is 32.3. The molecule has 0 aromatic heterocycles.